The number of carbonyl (C=O) groups excluding carboxylic acids is 1. The number of hydrogen-bond acceptors (Lipinski definition) is 1. The van der Waals surface area contributed by atoms with Crippen molar-refractivity contribution in [2.24, 2.45) is 0 Å². The number of anilines is 1. The molecule has 2 aromatic rings. The maximum atomic E-state index is 13.4. The molecular formula is C13H8F2INO. The topological polar surface area (TPSA) is 29.1 Å². The van der Waals surface area contributed by atoms with Gasteiger partial charge in [-0.3, -0.25) is 4.79 Å². The quantitative estimate of drug-likeness (QED) is 0.812. The van der Waals surface area contributed by atoms with Gasteiger partial charge in [-0.2, -0.15) is 0 Å². The zero-order valence-electron chi connectivity index (χ0n) is 9.08. The molecule has 1 N–H and O–H groups in total. The molecule has 5 heteroatoms. The summed E-state index contributed by atoms with van der Waals surface area (Å²) < 4.78 is 27.2. The summed E-state index contributed by atoms with van der Waals surface area (Å²) in [6, 6.07) is 10.6. The molecule has 0 aliphatic rings. The largest absolute Gasteiger partial charge is 0.321 e. The van der Waals surface area contributed by atoms with E-state index in [1.54, 1.807) is 18.2 Å². The number of rotatable bonds is 2. The zero-order valence-corrected chi connectivity index (χ0v) is 11.2. The van der Waals surface area contributed by atoms with Crippen LogP contribution in [-0.4, -0.2) is 5.91 Å². The summed E-state index contributed by atoms with van der Waals surface area (Å²) in [6.45, 7) is 0. The molecule has 0 bridgehead atoms. The number of benzene rings is 2. The summed E-state index contributed by atoms with van der Waals surface area (Å²) >= 11 is 2.05. The van der Waals surface area contributed by atoms with Crippen molar-refractivity contribution in [3.05, 3.63) is 63.2 Å². The van der Waals surface area contributed by atoms with E-state index in [0.717, 1.165) is 9.64 Å². The molecule has 0 aliphatic carbocycles. The van der Waals surface area contributed by atoms with E-state index in [2.05, 4.69) is 5.32 Å². The smallest absolute Gasteiger partial charge is 0.258 e. The fourth-order valence-corrected chi connectivity index (χ4v) is 1.95. The molecule has 92 valence electrons. The van der Waals surface area contributed by atoms with Gasteiger partial charge < -0.3 is 5.32 Å². The van der Waals surface area contributed by atoms with Crippen LogP contribution in [0.25, 0.3) is 0 Å². The van der Waals surface area contributed by atoms with E-state index in [9.17, 15) is 13.6 Å². The minimum absolute atomic E-state index is 0.311. The van der Waals surface area contributed by atoms with Crippen molar-refractivity contribution in [3.8, 4) is 0 Å². The van der Waals surface area contributed by atoms with Gasteiger partial charge in [0, 0.05) is 3.57 Å². The predicted molar refractivity (Wildman–Crippen MR) is 73.5 cm³/mol. The summed E-state index contributed by atoms with van der Waals surface area (Å²) in [6.07, 6.45) is 0. The highest BCUT2D eigenvalue weighted by Crippen LogP contribution is 2.19. The Bertz CT molecular complexity index is 601. The van der Waals surface area contributed by atoms with Gasteiger partial charge in [-0.15, -0.1) is 0 Å². The van der Waals surface area contributed by atoms with Crippen LogP contribution in [0.2, 0.25) is 0 Å². The van der Waals surface area contributed by atoms with E-state index in [1.165, 1.54) is 12.1 Å². The first-order valence-electron chi connectivity index (χ1n) is 5.09. The van der Waals surface area contributed by atoms with Gasteiger partial charge in [-0.1, -0.05) is 18.2 Å². The lowest BCUT2D eigenvalue weighted by atomic mass is 10.2. The van der Waals surface area contributed by atoms with E-state index in [-0.39, 0.29) is 5.56 Å². The molecule has 18 heavy (non-hydrogen) atoms. The lowest BCUT2D eigenvalue weighted by molar-refractivity contribution is 0.102. The third-order valence-corrected chi connectivity index (χ3v) is 3.26. The highest BCUT2D eigenvalue weighted by atomic mass is 127. The average molecular weight is 359 g/mol. The Balaban J connectivity index is 2.28. The van der Waals surface area contributed by atoms with Gasteiger partial charge in [0.2, 0.25) is 0 Å². The van der Waals surface area contributed by atoms with Gasteiger partial charge in [0.1, 0.15) is 0 Å². The van der Waals surface area contributed by atoms with Gasteiger partial charge in [0.05, 0.1) is 11.3 Å². The van der Waals surface area contributed by atoms with E-state index >= 15 is 0 Å². The van der Waals surface area contributed by atoms with Crippen molar-refractivity contribution in [2.45, 2.75) is 0 Å². The Morgan fingerprint density at radius 1 is 1.06 bits per heavy atom. The van der Waals surface area contributed by atoms with Gasteiger partial charge in [0.25, 0.3) is 5.91 Å². The average Bonchev–Trinajstić information content (AvgIpc) is 2.35. The minimum Gasteiger partial charge on any atom is -0.321 e. The Labute approximate surface area is 116 Å². The third-order valence-electron chi connectivity index (χ3n) is 2.32. The van der Waals surface area contributed by atoms with Crippen molar-refractivity contribution >= 4 is 34.2 Å². The second kappa shape index (κ2) is 5.43. The van der Waals surface area contributed by atoms with Gasteiger partial charge in [-0.05, 0) is 46.9 Å². The van der Waals surface area contributed by atoms with Gasteiger partial charge in [-0.25, -0.2) is 8.78 Å². The summed E-state index contributed by atoms with van der Waals surface area (Å²) in [5, 5.41) is 2.54. The molecule has 0 atom stereocenters. The third kappa shape index (κ3) is 2.66. The second-order valence-electron chi connectivity index (χ2n) is 3.54. The fraction of sp³-hybridized carbons (Fsp3) is 0. The first kappa shape index (κ1) is 12.9. The lowest BCUT2D eigenvalue weighted by Gasteiger charge is -2.08. The van der Waals surface area contributed by atoms with Crippen molar-refractivity contribution in [2.75, 3.05) is 5.32 Å². The molecule has 2 nitrogen and oxygen atoms in total. The van der Waals surface area contributed by atoms with E-state index in [1.807, 2.05) is 28.7 Å². The standard InChI is InChI=1S/C13H8F2INO/c14-9-5-3-4-8(12(9)15)13(18)17-11-7-2-1-6-10(11)16/h1-7H,(H,17,18). The minimum atomic E-state index is -1.14. The number of para-hydroxylation sites is 1. The maximum Gasteiger partial charge on any atom is 0.258 e. The molecular weight excluding hydrogens is 351 g/mol. The van der Waals surface area contributed by atoms with Crippen LogP contribution in [0.1, 0.15) is 10.4 Å². The Kier molecular flexibility index (Phi) is 3.90. The Morgan fingerprint density at radius 2 is 1.78 bits per heavy atom. The Hall–Kier alpha value is -1.50. The summed E-state index contributed by atoms with van der Waals surface area (Å²) in [5.41, 5.74) is 0.251. The predicted octanol–water partition coefficient (Wildman–Crippen LogP) is 3.82. The van der Waals surface area contributed by atoms with Gasteiger partial charge >= 0.3 is 0 Å². The summed E-state index contributed by atoms with van der Waals surface area (Å²) in [5.74, 6) is -2.84. The fourth-order valence-electron chi connectivity index (χ4n) is 1.43. The van der Waals surface area contributed by atoms with E-state index < -0.39 is 17.5 Å². The molecule has 2 aromatic carbocycles. The van der Waals surface area contributed by atoms with Crippen molar-refractivity contribution < 1.29 is 13.6 Å². The molecule has 0 radical (unpaired) electrons. The SMILES string of the molecule is O=C(Nc1ccccc1I)c1cccc(F)c1F. The molecule has 0 fully saturated rings. The molecule has 0 saturated carbocycles. The van der Waals surface area contributed by atoms with Crippen LogP contribution in [0.15, 0.2) is 42.5 Å². The first-order chi connectivity index (χ1) is 8.59. The van der Waals surface area contributed by atoms with Crippen LogP contribution < -0.4 is 5.32 Å². The number of hydrogen-bond donors (Lipinski definition) is 1. The molecule has 0 spiro atoms. The van der Waals surface area contributed by atoms with E-state index in [0.29, 0.717) is 5.69 Å². The van der Waals surface area contributed by atoms with Crippen LogP contribution in [0.5, 0.6) is 0 Å². The van der Waals surface area contributed by atoms with Gasteiger partial charge in [0.15, 0.2) is 11.6 Å². The second-order valence-corrected chi connectivity index (χ2v) is 4.70. The van der Waals surface area contributed by atoms with Crippen LogP contribution >= 0.6 is 22.6 Å². The van der Waals surface area contributed by atoms with Crippen molar-refractivity contribution in [1.82, 2.24) is 0 Å². The number of carbonyl (C=O) groups is 1. The van der Waals surface area contributed by atoms with Crippen LogP contribution in [-0.2, 0) is 0 Å². The molecule has 0 aromatic heterocycles. The highest BCUT2D eigenvalue weighted by Gasteiger charge is 2.15. The number of nitrogens with one attached hydrogen (secondary N) is 1. The zero-order chi connectivity index (χ0) is 13.1. The molecule has 2 rings (SSSR count). The molecule has 0 heterocycles. The van der Waals surface area contributed by atoms with Crippen LogP contribution in [0, 0.1) is 15.2 Å². The number of halogens is 3. The Morgan fingerprint density at radius 3 is 2.50 bits per heavy atom. The molecule has 0 saturated heterocycles. The lowest BCUT2D eigenvalue weighted by Crippen LogP contribution is -2.15. The van der Waals surface area contributed by atoms with Crippen molar-refractivity contribution in [1.29, 1.82) is 0 Å². The summed E-state index contributed by atoms with van der Waals surface area (Å²) in [7, 11) is 0. The molecule has 1 amide bonds. The monoisotopic (exact) mass is 359 g/mol. The van der Waals surface area contributed by atoms with Crippen LogP contribution in [0.4, 0.5) is 14.5 Å². The van der Waals surface area contributed by atoms with Crippen molar-refractivity contribution in [3.63, 3.8) is 0 Å². The van der Waals surface area contributed by atoms with E-state index in [4.69, 9.17) is 0 Å². The first-order valence-corrected chi connectivity index (χ1v) is 6.17. The maximum absolute atomic E-state index is 13.4. The normalized spacial score (nSPS) is 10.2. The molecule has 0 unspecified atom stereocenters. The number of amides is 1. The highest BCUT2D eigenvalue weighted by molar-refractivity contribution is 14.1. The molecule has 0 aliphatic heterocycles. The summed E-state index contributed by atoms with van der Waals surface area (Å²) in [4.78, 5) is 11.8. The van der Waals surface area contributed by atoms with Crippen LogP contribution in [0.3, 0.4) is 0 Å².